The Morgan fingerprint density at radius 2 is 1.48 bits per heavy atom. The van der Waals surface area contributed by atoms with Crippen molar-refractivity contribution in [3.8, 4) is 17.2 Å². The molecule has 0 aliphatic carbocycles. The van der Waals surface area contributed by atoms with Crippen molar-refractivity contribution in [1.29, 1.82) is 0 Å². The highest BCUT2D eigenvalue weighted by atomic mass is 16.5. The van der Waals surface area contributed by atoms with Gasteiger partial charge in [-0.2, -0.15) is 0 Å². The lowest BCUT2D eigenvalue weighted by molar-refractivity contribution is 0.258. The summed E-state index contributed by atoms with van der Waals surface area (Å²) in [6, 6.07) is 12.2. The Labute approximate surface area is 139 Å². The molecule has 23 heavy (non-hydrogen) atoms. The third-order valence-electron chi connectivity index (χ3n) is 3.86. The largest absolute Gasteiger partial charge is 0.494 e. The summed E-state index contributed by atoms with van der Waals surface area (Å²) >= 11 is 0. The number of hydrogen-bond donors (Lipinski definition) is 0. The van der Waals surface area contributed by atoms with Gasteiger partial charge < -0.3 is 14.2 Å². The number of aryl methyl sites for hydroxylation is 3. The van der Waals surface area contributed by atoms with E-state index in [4.69, 9.17) is 14.2 Å². The molecule has 0 atom stereocenters. The van der Waals surface area contributed by atoms with Crippen LogP contribution in [0.3, 0.4) is 0 Å². The van der Waals surface area contributed by atoms with Crippen molar-refractivity contribution < 1.29 is 14.2 Å². The van der Waals surface area contributed by atoms with Gasteiger partial charge in [-0.15, -0.1) is 0 Å². The number of rotatable bonds is 8. The van der Waals surface area contributed by atoms with Crippen molar-refractivity contribution in [3.05, 3.63) is 53.1 Å². The molecule has 0 aliphatic rings. The third kappa shape index (κ3) is 5.20. The van der Waals surface area contributed by atoms with E-state index >= 15 is 0 Å². The summed E-state index contributed by atoms with van der Waals surface area (Å²) in [7, 11) is 1.67. The first kappa shape index (κ1) is 17.2. The predicted molar refractivity (Wildman–Crippen MR) is 93.9 cm³/mol. The van der Waals surface area contributed by atoms with Gasteiger partial charge in [-0.3, -0.25) is 0 Å². The molecule has 3 heteroatoms. The first-order chi connectivity index (χ1) is 11.1. The first-order valence-corrected chi connectivity index (χ1v) is 8.07. The molecule has 0 radical (unpaired) electrons. The fourth-order valence-corrected chi connectivity index (χ4v) is 2.27. The van der Waals surface area contributed by atoms with Crippen molar-refractivity contribution in [2.24, 2.45) is 0 Å². The summed E-state index contributed by atoms with van der Waals surface area (Å²) in [5.74, 6) is 2.53. The van der Waals surface area contributed by atoms with Crippen LogP contribution in [0.15, 0.2) is 36.4 Å². The standard InChI is InChI=1S/C20H26O3/c1-15-7-10-19(20(13-15)21-4)23-12-6-5-11-22-18-9-8-16(2)17(3)14-18/h7-10,13-14H,5-6,11-12H2,1-4H3. The van der Waals surface area contributed by atoms with Crippen LogP contribution in [0.1, 0.15) is 29.5 Å². The summed E-state index contributed by atoms with van der Waals surface area (Å²) in [6.07, 6.45) is 1.91. The molecule has 0 heterocycles. The van der Waals surface area contributed by atoms with Crippen LogP contribution in [0.5, 0.6) is 17.2 Å². The highest BCUT2D eigenvalue weighted by Gasteiger charge is 2.04. The smallest absolute Gasteiger partial charge is 0.161 e. The molecule has 0 spiro atoms. The van der Waals surface area contributed by atoms with E-state index < -0.39 is 0 Å². The fourth-order valence-electron chi connectivity index (χ4n) is 2.27. The lowest BCUT2D eigenvalue weighted by atomic mass is 10.1. The number of ether oxygens (including phenoxy) is 3. The minimum atomic E-state index is 0.662. The molecule has 0 saturated heterocycles. The summed E-state index contributed by atoms with van der Waals surface area (Å²) < 4.78 is 16.9. The molecule has 0 amide bonds. The normalized spacial score (nSPS) is 10.4. The van der Waals surface area contributed by atoms with Gasteiger partial charge in [0.25, 0.3) is 0 Å². The van der Waals surface area contributed by atoms with Crippen LogP contribution in [0.2, 0.25) is 0 Å². The molecular formula is C20H26O3. The van der Waals surface area contributed by atoms with Crippen LogP contribution >= 0.6 is 0 Å². The number of benzene rings is 2. The summed E-state index contributed by atoms with van der Waals surface area (Å²) in [5, 5.41) is 0. The van der Waals surface area contributed by atoms with Crippen LogP contribution < -0.4 is 14.2 Å². The van der Waals surface area contributed by atoms with Crippen LogP contribution in [-0.2, 0) is 0 Å². The van der Waals surface area contributed by atoms with E-state index in [0.29, 0.717) is 13.2 Å². The van der Waals surface area contributed by atoms with Crippen molar-refractivity contribution in [3.63, 3.8) is 0 Å². The van der Waals surface area contributed by atoms with E-state index in [-0.39, 0.29) is 0 Å². The molecule has 0 aromatic heterocycles. The SMILES string of the molecule is COc1cc(C)ccc1OCCCCOc1ccc(C)c(C)c1. The van der Waals surface area contributed by atoms with Gasteiger partial charge in [0.05, 0.1) is 20.3 Å². The van der Waals surface area contributed by atoms with E-state index in [0.717, 1.165) is 35.7 Å². The lowest BCUT2D eigenvalue weighted by Gasteiger charge is -2.11. The van der Waals surface area contributed by atoms with Gasteiger partial charge in [0, 0.05) is 0 Å². The maximum absolute atomic E-state index is 5.79. The molecule has 0 unspecified atom stereocenters. The van der Waals surface area contributed by atoms with Crippen LogP contribution in [0.4, 0.5) is 0 Å². The van der Waals surface area contributed by atoms with Crippen LogP contribution in [0.25, 0.3) is 0 Å². The molecule has 0 fully saturated rings. The summed E-state index contributed by atoms with van der Waals surface area (Å²) in [6.45, 7) is 7.61. The van der Waals surface area contributed by atoms with Gasteiger partial charge in [-0.25, -0.2) is 0 Å². The van der Waals surface area contributed by atoms with Crippen LogP contribution in [0, 0.1) is 20.8 Å². The summed E-state index contributed by atoms with van der Waals surface area (Å²) in [5.41, 5.74) is 3.71. The third-order valence-corrected chi connectivity index (χ3v) is 3.86. The van der Waals surface area contributed by atoms with E-state index in [9.17, 15) is 0 Å². The van der Waals surface area contributed by atoms with Crippen molar-refractivity contribution in [2.75, 3.05) is 20.3 Å². The highest BCUT2D eigenvalue weighted by Crippen LogP contribution is 2.27. The molecule has 124 valence electrons. The Bertz CT molecular complexity index is 635. The molecular weight excluding hydrogens is 288 g/mol. The average Bonchev–Trinajstić information content (AvgIpc) is 2.55. The molecule has 3 nitrogen and oxygen atoms in total. The molecule has 0 aliphatic heterocycles. The lowest BCUT2D eigenvalue weighted by Crippen LogP contribution is -2.03. The van der Waals surface area contributed by atoms with Crippen molar-refractivity contribution in [2.45, 2.75) is 33.6 Å². The number of methoxy groups -OCH3 is 1. The fraction of sp³-hybridized carbons (Fsp3) is 0.400. The zero-order chi connectivity index (χ0) is 16.7. The second-order valence-electron chi connectivity index (χ2n) is 5.80. The Morgan fingerprint density at radius 3 is 2.17 bits per heavy atom. The second kappa shape index (κ2) is 8.47. The van der Waals surface area contributed by atoms with Crippen LogP contribution in [-0.4, -0.2) is 20.3 Å². The Hall–Kier alpha value is -2.16. The predicted octanol–water partition coefficient (Wildman–Crippen LogP) is 4.86. The average molecular weight is 314 g/mol. The van der Waals surface area contributed by atoms with Crippen molar-refractivity contribution in [1.82, 2.24) is 0 Å². The van der Waals surface area contributed by atoms with Gasteiger partial charge in [0.2, 0.25) is 0 Å². The minimum absolute atomic E-state index is 0.662. The second-order valence-corrected chi connectivity index (χ2v) is 5.80. The number of unbranched alkanes of at least 4 members (excludes halogenated alkanes) is 1. The van der Waals surface area contributed by atoms with E-state index in [1.54, 1.807) is 7.11 Å². The van der Waals surface area contributed by atoms with Crippen molar-refractivity contribution >= 4 is 0 Å². The van der Waals surface area contributed by atoms with Gasteiger partial charge in [-0.05, 0) is 74.6 Å². The molecule has 0 saturated carbocycles. The quantitative estimate of drug-likeness (QED) is 0.651. The maximum Gasteiger partial charge on any atom is 0.161 e. The van der Waals surface area contributed by atoms with Gasteiger partial charge in [0.15, 0.2) is 11.5 Å². The highest BCUT2D eigenvalue weighted by molar-refractivity contribution is 5.42. The summed E-state index contributed by atoms with van der Waals surface area (Å²) in [4.78, 5) is 0. The van der Waals surface area contributed by atoms with E-state index in [2.05, 4.69) is 26.0 Å². The Balaban J connectivity index is 1.69. The van der Waals surface area contributed by atoms with Gasteiger partial charge in [0.1, 0.15) is 5.75 Å². The molecule has 0 bridgehead atoms. The maximum atomic E-state index is 5.79. The molecule has 2 rings (SSSR count). The molecule has 0 N–H and O–H groups in total. The zero-order valence-corrected chi connectivity index (χ0v) is 14.5. The Morgan fingerprint density at radius 1 is 0.739 bits per heavy atom. The van der Waals surface area contributed by atoms with E-state index in [1.165, 1.54) is 11.1 Å². The monoisotopic (exact) mass is 314 g/mol. The molecule has 2 aromatic carbocycles. The first-order valence-electron chi connectivity index (χ1n) is 8.07. The zero-order valence-electron chi connectivity index (χ0n) is 14.5. The van der Waals surface area contributed by atoms with E-state index in [1.807, 2.05) is 31.2 Å². The van der Waals surface area contributed by atoms with Gasteiger partial charge in [-0.1, -0.05) is 12.1 Å². The minimum Gasteiger partial charge on any atom is -0.494 e. The Kier molecular flexibility index (Phi) is 6.33. The topological polar surface area (TPSA) is 27.7 Å². The van der Waals surface area contributed by atoms with Gasteiger partial charge >= 0.3 is 0 Å². The molecule has 2 aromatic rings. The number of hydrogen-bond acceptors (Lipinski definition) is 3.